The number of rotatable bonds is 2. The molecule has 2 aliphatic carbocycles. The van der Waals surface area contributed by atoms with Gasteiger partial charge in [-0.15, -0.1) is 0 Å². The van der Waals surface area contributed by atoms with Crippen LogP contribution in [-0.4, -0.2) is 19.3 Å². The lowest BCUT2D eigenvalue weighted by Gasteiger charge is -2.11. The van der Waals surface area contributed by atoms with E-state index < -0.39 is 0 Å². The molecule has 0 saturated heterocycles. The van der Waals surface area contributed by atoms with Gasteiger partial charge in [0.2, 0.25) is 0 Å². The molecule has 0 amide bonds. The van der Waals surface area contributed by atoms with Crippen molar-refractivity contribution in [3.63, 3.8) is 0 Å². The quantitative estimate of drug-likeness (QED) is 0.772. The van der Waals surface area contributed by atoms with Crippen LogP contribution in [0, 0.1) is 0 Å². The van der Waals surface area contributed by atoms with Gasteiger partial charge in [0, 0.05) is 36.5 Å². The highest BCUT2D eigenvalue weighted by Gasteiger charge is 2.56. The molecule has 2 atom stereocenters. The lowest BCUT2D eigenvalue weighted by Crippen LogP contribution is -2.15. The van der Waals surface area contributed by atoms with E-state index in [1.807, 2.05) is 0 Å². The summed E-state index contributed by atoms with van der Waals surface area (Å²) in [5.74, 6) is 0. The fraction of sp³-hybridized carbons (Fsp3) is 0.400. The molecule has 1 aromatic rings. The molecule has 1 fully saturated rings. The predicted molar refractivity (Wildman–Crippen MR) is 75.6 cm³/mol. The van der Waals surface area contributed by atoms with Gasteiger partial charge in [-0.2, -0.15) is 0 Å². The monoisotopic (exact) mass is 241 g/mol. The Labute approximate surface area is 108 Å². The van der Waals surface area contributed by atoms with Crippen LogP contribution in [0.15, 0.2) is 29.4 Å². The summed E-state index contributed by atoms with van der Waals surface area (Å²) in [6.45, 7) is 0. The summed E-state index contributed by atoms with van der Waals surface area (Å²) in [5.41, 5.74) is 17.1. The minimum atomic E-state index is 0.272. The number of fused-ring (bicyclic) bond motifs is 2. The second-order valence-corrected chi connectivity index (χ2v) is 5.35. The highest BCUT2D eigenvalue weighted by molar-refractivity contribution is 6.09. The number of aryl methyl sites for hydroxylation is 1. The summed E-state index contributed by atoms with van der Waals surface area (Å²) in [7, 11) is 1.76. The van der Waals surface area contributed by atoms with Crippen molar-refractivity contribution in [2.24, 2.45) is 16.5 Å². The second-order valence-electron chi connectivity index (χ2n) is 5.35. The van der Waals surface area contributed by atoms with Crippen LogP contribution in [0.1, 0.15) is 29.5 Å². The first-order valence-electron chi connectivity index (χ1n) is 6.45. The fourth-order valence-corrected chi connectivity index (χ4v) is 3.21. The molecule has 1 aromatic carbocycles. The van der Waals surface area contributed by atoms with Crippen LogP contribution in [0.5, 0.6) is 0 Å². The minimum Gasteiger partial charge on any atom is -0.404 e. The standard InChI is InChI=1S/C15H19N3/c1-18-9-12(8-16)11-3-2-10-4-5-15(7-14(15)17)13(10)6-11/h2-3,6,8-9,14H,4-5,7,16-17H2,1H3. The summed E-state index contributed by atoms with van der Waals surface area (Å²) < 4.78 is 0. The van der Waals surface area contributed by atoms with E-state index in [9.17, 15) is 0 Å². The topological polar surface area (TPSA) is 64.4 Å². The molecule has 18 heavy (non-hydrogen) atoms. The van der Waals surface area contributed by atoms with Crippen LogP contribution in [0.25, 0.3) is 5.57 Å². The van der Waals surface area contributed by atoms with Gasteiger partial charge in [-0.3, -0.25) is 4.99 Å². The number of nitrogens with zero attached hydrogens (tertiary/aromatic N) is 1. The van der Waals surface area contributed by atoms with Gasteiger partial charge < -0.3 is 11.5 Å². The maximum Gasteiger partial charge on any atom is 0.0301 e. The summed E-state index contributed by atoms with van der Waals surface area (Å²) in [6.07, 6.45) is 6.91. The number of allylic oxidation sites excluding steroid dienone is 1. The Balaban J connectivity index is 2.04. The molecular weight excluding hydrogens is 222 g/mol. The Morgan fingerprint density at radius 3 is 2.89 bits per heavy atom. The average molecular weight is 241 g/mol. The third-order valence-corrected chi connectivity index (χ3v) is 4.40. The molecule has 0 aliphatic heterocycles. The molecule has 3 rings (SSSR count). The summed E-state index contributed by atoms with van der Waals surface area (Å²) in [4.78, 5) is 4.05. The number of hydrogen-bond acceptors (Lipinski definition) is 3. The van der Waals surface area contributed by atoms with Gasteiger partial charge in [-0.05, 0) is 36.0 Å². The molecule has 1 spiro atoms. The first-order valence-corrected chi connectivity index (χ1v) is 6.45. The Kier molecular flexibility index (Phi) is 2.52. The molecule has 4 N–H and O–H groups in total. The van der Waals surface area contributed by atoms with Gasteiger partial charge >= 0.3 is 0 Å². The largest absolute Gasteiger partial charge is 0.404 e. The number of aliphatic imine (C=N–C) groups is 1. The smallest absolute Gasteiger partial charge is 0.0301 e. The molecule has 3 heteroatoms. The first-order chi connectivity index (χ1) is 8.71. The van der Waals surface area contributed by atoms with E-state index in [1.54, 1.807) is 19.5 Å². The second kappa shape index (κ2) is 3.95. The molecule has 0 radical (unpaired) electrons. The molecule has 94 valence electrons. The molecule has 2 aliphatic rings. The van der Waals surface area contributed by atoms with Gasteiger partial charge in [0.25, 0.3) is 0 Å². The van der Waals surface area contributed by atoms with E-state index in [-0.39, 0.29) is 5.41 Å². The zero-order valence-electron chi connectivity index (χ0n) is 10.7. The van der Waals surface area contributed by atoms with Crippen molar-refractivity contribution in [1.82, 2.24) is 0 Å². The van der Waals surface area contributed by atoms with Crippen LogP contribution in [-0.2, 0) is 11.8 Å². The SMILES string of the molecule is CN=CC(=CN)c1ccc2c(c1)C1(CC2)CC1N. The van der Waals surface area contributed by atoms with Gasteiger partial charge in [0.1, 0.15) is 0 Å². The van der Waals surface area contributed by atoms with E-state index in [4.69, 9.17) is 11.5 Å². The number of nitrogens with two attached hydrogens (primary N) is 2. The van der Waals surface area contributed by atoms with Crippen molar-refractivity contribution >= 4 is 11.8 Å². The molecular formula is C15H19N3. The third kappa shape index (κ3) is 1.51. The summed E-state index contributed by atoms with van der Waals surface area (Å²) in [6, 6.07) is 6.96. The normalized spacial score (nSPS) is 30.1. The summed E-state index contributed by atoms with van der Waals surface area (Å²) in [5, 5.41) is 0. The van der Waals surface area contributed by atoms with Crippen LogP contribution in [0.4, 0.5) is 0 Å². The zero-order chi connectivity index (χ0) is 12.8. The zero-order valence-corrected chi connectivity index (χ0v) is 10.7. The molecule has 3 nitrogen and oxygen atoms in total. The van der Waals surface area contributed by atoms with Crippen molar-refractivity contribution in [2.45, 2.75) is 30.7 Å². The number of hydrogen-bond donors (Lipinski definition) is 2. The van der Waals surface area contributed by atoms with Crippen molar-refractivity contribution < 1.29 is 0 Å². The highest BCUT2D eigenvalue weighted by atomic mass is 14.8. The van der Waals surface area contributed by atoms with Gasteiger partial charge in [0.05, 0.1) is 0 Å². The van der Waals surface area contributed by atoms with Gasteiger partial charge in [-0.1, -0.05) is 18.2 Å². The first kappa shape index (κ1) is 11.5. The third-order valence-electron chi connectivity index (χ3n) is 4.40. The minimum absolute atomic E-state index is 0.272. The Hall–Kier alpha value is -1.61. The van der Waals surface area contributed by atoms with Crippen LogP contribution >= 0.6 is 0 Å². The molecule has 2 unspecified atom stereocenters. The van der Waals surface area contributed by atoms with E-state index >= 15 is 0 Å². The predicted octanol–water partition coefficient (Wildman–Crippen LogP) is 1.60. The summed E-state index contributed by atoms with van der Waals surface area (Å²) >= 11 is 0. The van der Waals surface area contributed by atoms with Crippen molar-refractivity contribution in [1.29, 1.82) is 0 Å². The van der Waals surface area contributed by atoms with Crippen LogP contribution < -0.4 is 11.5 Å². The highest BCUT2D eigenvalue weighted by Crippen LogP contribution is 2.55. The number of benzene rings is 1. The van der Waals surface area contributed by atoms with Crippen molar-refractivity contribution in [2.75, 3.05) is 7.05 Å². The average Bonchev–Trinajstić information content (AvgIpc) is 2.90. The molecule has 0 aromatic heterocycles. The fourth-order valence-electron chi connectivity index (χ4n) is 3.21. The lowest BCUT2D eigenvalue weighted by molar-refractivity contribution is 0.651. The van der Waals surface area contributed by atoms with E-state index in [0.717, 1.165) is 24.0 Å². The van der Waals surface area contributed by atoms with Gasteiger partial charge in [0.15, 0.2) is 0 Å². The molecule has 1 saturated carbocycles. The Morgan fingerprint density at radius 1 is 1.50 bits per heavy atom. The van der Waals surface area contributed by atoms with Crippen molar-refractivity contribution in [3.8, 4) is 0 Å². The Morgan fingerprint density at radius 2 is 2.28 bits per heavy atom. The molecule has 0 bridgehead atoms. The maximum atomic E-state index is 6.13. The van der Waals surface area contributed by atoms with E-state index in [0.29, 0.717) is 6.04 Å². The van der Waals surface area contributed by atoms with E-state index in [1.165, 1.54) is 17.5 Å². The van der Waals surface area contributed by atoms with E-state index in [2.05, 4.69) is 23.2 Å². The van der Waals surface area contributed by atoms with Gasteiger partial charge in [-0.25, -0.2) is 0 Å². The van der Waals surface area contributed by atoms with Crippen LogP contribution in [0.2, 0.25) is 0 Å². The Bertz CT molecular complexity index is 545. The lowest BCUT2D eigenvalue weighted by atomic mass is 9.94. The van der Waals surface area contributed by atoms with Crippen LogP contribution in [0.3, 0.4) is 0 Å². The molecule has 0 heterocycles. The maximum absolute atomic E-state index is 6.13. The van der Waals surface area contributed by atoms with Crippen molar-refractivity contribution in [3.05, 3.63) is 41.1 Å².